The summed E-state index contributed by atoms with van der Waals surface area (Å²) in [5.74, 6) is -3.45. The predicted octanol–water partition coefficient (Wildman–Crippen LogP) is 5.46. The third-order valence-corrected chi connectivity index (χ3v) is 6.77. The van der Waals surface area contributed by atoms with Gasteiger partial charge in [0.05, 0.1) is 30.4 Å². The molecule has 4 aromatic rings. The third-order valence-electron chi connectivity index (χ3n) is 5.65. The number of alkyl halides is 3. The molecule has 0 spiro atoms. The van der Waals surface area contributed by atoms with Crippen LogP contribution in [-0.2, 0) is 20.9 Å². The summed E-state index contributed by atoms with van der Waals surface area (Å²) in [6.07, 6.45) is -4.02. The first-order valence-corrected chi connectivity index (χ1v) is 13.5. The molecule has 0 aliphatic rings. The zero-order valence-electron chi connectivity index (χ0n) is 21.6. The summed E-state index contributed by atoms with van der Waals surface area (Å²) in [7, 11) is -1.10. The Hall–Kier alpha value is -4.56. The molecule has 0 aliphatic carbocycles. The molecule has 0 saturated carbocycles. The lowest BCUT2D eigenvalue weighted by Gasteiger charge is -2.18. The van der Waals surface area contributed by atoms with Gasteiger partial charge in [-0.15, -0.1) is 0 Å². The van der Waals surface area contributed by atoms with Crippen LogP contribution in [0.15, 0.2) is 71.6 Å². The van der Waals surface area contributed by atoms with Gasteiger partial charge in [0.2, 0.25) is 11.7 Å². The van der Waals surface area contributed by atoms with E-state index in [0.717, 1.165) is 18.4 Å². The van der Waals surface area contributed by atoms with Gasteiger partial charge in [-0.1, -0.05) is 24.3 Å². The number of hydrogen-bond donors (Lipinski definition) is 1. The number of hydroxylamine groups is 1. The highest BCUT2D eigenvalue weighted by Gasteiger charge is 2.37. The van der Waals surface area contributed by atoms with Crippen molar-refractivity contribution >= 4 is 15.7 Å². The Balaban J connectivity index is 1.97. The molecule has 1 amide bonds. The van der Waals surface area contributed by atoms with Crippen molar-refractivity contribution in [3.05, 3.63) is 83.9 Å². The average molecular weight is 592 g/mol. The lowest BCUT2D eigenvalue weighted by Crippen LogP contribution is -2.21. The third kappa shape index (κ3) is 6.61. The Morgan fingerprint density at radius 2 is 1.51 bits per heavy atom. The second kappa shape index (κ2) is 11.5. The van der Waals surface area contributed by atoms with Gasteiger partial charge in [-0.2, -0.15) is 18.2 Å². The van der Waals surface area contributed by atoms with Gasteiger partial charge in [0, 0.05) is 17.4 Å². The second-order valence-corrected chi connectivity index (χ2v) is 10.5. The maximum Gasteiger partial charge on any atom is 0.451 e. The first kappa shape index (κ1) is 29.4. The fourth-order valence-corrected chi connectivity index (χ4v) is 4.37. The Labute approximate surface area is 231 Å². The molecule has 4 rings (SSSR count). The van der Waals surface area contributed by atoms with Crippen molar-refractivity contribution in [2.75, 3.05) is 20.5 Å². The number of nitrogens with one attached hydrogen (secondary N) is 1. The van der Waals surface area contributed by atoms with Crippen LogP contribution < -0.4 is 15.0 Å². The molecule has 0 aliphatic heterocycles. The van der Waals surface area contributed by atoms with Crippen LogP contribution in [0.4, 0.5) is 17.6 Å². The van der Waals surface area contributed by atoms with Crippen molar-refractivity contribution in [3.8, 4) is 39.8 Å². The Bertz CT molecular complexity index is 1690. The van der Waals surface area contributed by atoms with Crippen LogP contribution in [0.25, 0.3) is 22.4 Å². The van der Waals surface area contributed by atoms with E-state index in [-0.39, 0.29) is 44.3 Å². The number of benzene rings is 3. The lowest BCUT2D eigenvalue weighted by atomic mass is 10.00. The number of sulfone groups is 1. The van der Waals surface area contributed by atoms with E-state index >= 15 is 0 Å². The van der Waals surface area contributed by atoms with Gasteiger partial charge in [0.25, 0.3) is 5.91 Å². The molecule has 214 valence electrons. The molecule has 0 fully saturated rings. The minimum absolute atomic E-state index is 0.0231. The largest absolute Gasteiger partial charge is 0.493 e. The number of ether oxygens (including phenoxy) is 2. The first-order valence-electron chi connectivity index (χ1n) is 11.6. The van der Waals surface area contributed by atoms with Crippen molar-refractivity contribution in [2.24, 2.45) is 0 Å². The van der Waals surface area contributed by atoms with Crippen molar-refractivity contribution < 1.29 is 45.1 Å². The van der Waals surface area contributed by atoms with Crippen LogP contribution in [0.3, 0.4) is 0 Å². The van der Waals surface area contributed by atoms with Crippen molar-refractivity contribution in [1.29, 1.82) is 0 Å². The van der Waals surface area contributed by atoms with Crippen LogP contribution in [0, 0.1) is 5.82 Å². The van der Waals surface area contributed by atoms with E-state index in [4.69, 9.17) is 9.47 Å². The van der Waals surface area contributed by atoms with Gasteiger partial charge in [-0.05, 0) is 48.0 Å². The van der Waals surface area contributed by atoms with Gasteiger partial charge in [-0.25, -0.2) is 23.3 Å². The standard InChI is InChI=1S/C27H21F4N3O6S/c1-38-21-14-17(24(35)34-39-2)8-13-20(21)40-25-22(15-4-9-18(28)10-5-15)23(32-26(33-25)27(29,30)31)16-6-11-19(12-7-16)41(3,36)37/h4-14H,1-3H3,(H,34,35). The van der Waals surface area contributed by atoms with E-state index in [1.165, 1.54) is 68.8 Å². The predicted molar refractivity (Wildman–Crippen MR) is 139 cm³/mol. The Kier molecular flexibility index (Phi) is 8.26. The van der Waals surface area contributed by atoms with Crippen LogP contribution >= 0.6 is 0 Å². The quantitative estimate of drug-likeness (QED) is 0.212. The minimum atomic E-state index is -5.01. The highest BCUT2D eigenvalue weighted by Crippen LogP contribution is 2.43. The average Bonchev–Trinajstić information content (AvgIpc) is 2.92. The normalized spacial score (nSPS) is 11.7. The zero-order chi connectivity index (χ0) is 29.9. The molecule has 9 nitrogen and oxygen atoms in total. The zero-order valence-corrected chi connectivity index (χ0v) is 22.4. The smallest absolute Gasteiger partial charge is 0.451 e. The van der Waals surface area contributed by atoms with Crippen LogP contribution in [0.1, 0.15) is 16.2 Å². The summed E-state index contributed by atoms with van der Waals surface area (Å²) in [6, 6.07) is 13.7. The molecule has 14 heteroatoms. The number of halogens is 4. The second-order valence-electron chi connectivity index (χ2n) is 8.48. The number of aromatic nitrogens is 2. The molecule has 0 bridgehead atoms. The van der Waals surface area contributed by atoms with Gasteiger partial charge in [0.15, 0.2) is 21.3 Å². The molecular weight excluding hydrogens is 570 g/mol. The Morgan fingerprint density at radius 1 is 0.878 bits per heavy atom. The topological polar surface area (TPSA) is 117 Å². The van der Waals surface area contributed by atoms with Gasteiger partial charge in [0.1, 0.15) is 5.82 Å². The molecule has 0 radical (unpaired) electrons. The molecule has 0 unspecified atom stereocenters. The maximum atomic E-state index is 14.0. The molecule has 1 heterocycles. The summed E-state index contributed by atoms with van der Waals surface area (Å²) < 4.78 is 90.7. The summed E-state index contributed by atoms with van der Waals surface area (Å²) in [6.45, 7) is 0. The fraction of sp³-hybridized carbons (Fsp3) is 0.148. The van der Waals surface area contributed by atoms with E-state index in [2.05, 4.69) is 20.3 Å². The Morgan fingerprint density at radius 3 is 2.07 bits per heavy atom. The molecule has 41 heavy (non-hydrogen) atoms. The van der Waals surface area contributed by atoms with Crippen molar-refractivity contribution in [2.45, 2.75) is 11.1 Å². The summed E-state index contributed by atoms with van der Waals surface area (Å²) >= 11 is 0. The van der Waals surface area contributed by atoms with E-state index in [9.17, 15) is 30.8 Å². The molecule has 0 saturated heterocycles. The fourth-order valence-electron chi connectivity index (χ4n) is 3.74. The number of carbonyl (C=O) groups excluding carboxylic acids is 1. The lowest BCUT2D eigenvalue weighted by molar-refractivity contribution is -0.145. The van der Waals surface area contributed by atoms with Gasteiger partial charge < -0.3 is 9.47 Å². The summed E-state index contributed by atoms with van der Waals surface area (Å²) in [4.78, 5) is 24.1. The monoisotopic (exact) mass is 591 g/mol. The molecule has 1 N–H and O–H groups in total. The summed E-state index contributed by atoms with van der Waals surface area (Å²) in [5.41, 5.74) is 2.23. The van der Waals surface area contributed by atoms with E-state index < -0.39 is 39.4 Å². The molecule has 3 aromatic carbocycles. The van der Waals surface area contributed by atoms with Crippen molar-refractivity contribution in [1.82, 2.24) is 15.4 Å². The number of nitrogens with zero attached hydrogens (tertiary/aromatic N) is 2. The number of amides is 1. The number of methoxy groups -OCH3 is 1. The summed E-state index contributed by atoms with van der Waals surface area (Å²) in [5, 5.41) is 0. The number of carbonyl (C=O) groups is 1. The minimum Gasteiger partial charge on any atom is -0.493 e. The number of rotatable bonds is 8. The molecule has 0 atom stereocenters. The van der Waals surface area contributed by atoms with Crippen LogP contribution in [-0.4, -0.2) is 44.8 Å². The SMILES string of the molecule is CONC(=O)c1ccc(Oc2nc(C(F)(F)F)nc(-c3ccc(S(C)(=O)=O)cc3)c2-c2ccc(F)cc2)c(OC)c1. The molecule has 1 aromatic heterocycles. The van der Waals surface area contributed by atoms with Crippen LogP contribution in [0.2, 0.25) is 0 Å². The molecular formula is C27H21F4N3O6S. The van der Waals surface area contributed by atoms with Crippen molar-refractivity contribution in [3.63, 3.8) is 0 Å². The van der Waals surface area contributed by atoms with E-state index in [1.807, 2.05) is 0 Å². The highest BCUT2D eigenvalue weighted by molar-refractivity contribution is 7.90. The number of hydrogen-bond acceptors (Lipinski definition) is 8. The van der Waals surface area contributed by atoms with E-state index in [1.54, 1.807) is 0 Å². The maximum absolute atomic E-state index is 14.0. The first-order chi connectivity index (χ1) is 19.3. The highest BCUT2D eigenvalue weighted by atomic mass is 32.2. The van der Waals surface area contributed by atoms with Gasteiger partial charge in [-0.3, -0.25) is 9.63 Å². The van der Waals surface area contributed by atoms with Crippen LogP contribution in [0.5, 0.6) is 17.4 Å². The van der Waals surface area contributed by atoms with E-state index in [0.29, 0.717) is 0 Å². The van der Waals surface area contributed by atoms with Gasteiger partial charge >= 0.3 is 6.18 Å².